The summed E-state index contributed by atoms with van der Waals surface area (Å²) in [5.74, 6) is -0.919. The van der Waals surface area contributed by atoms with Crippen LogP contribution in [0.15, 0.2) is 24.3 Å². The minimum atomic E-state index is -0.919. The first-order valence-electron chi connectivity index (χ1n) is 4.70. The maximum Gasteiger partial charge on any atom is 0.335 e. The van der Waals surface area contributed by atoms with Gasteiger partial charge >= 0.3 is 5.97 Å². The van der Waals surface area contributed by atoms with E-state index < -0.39 is 5.97 Å². The van der Waals surface area contributed by atoms with Crippen LogP contribution >= 0.6 is 0 Å². The highest BCUT2D eigenvalue weighted by Gasteiger charge is 2.04. The quantitative estimate of drug-likeness (QED) is 0.761. The lowest BCUT2D eigenvalue weighted by Crippen LogP contribution is -2.06. The van der Waals surface area contributed by atoms with Crippen LogP contribution in [0.2, 0.25) is 0 Å². The van der Waals surface area contributed by atoms with Crippen molar-refractivity contribution in [3.63, 3.8) is 0 Å². The third kappa shape index (κ3) is 3.58. The summed E-state index contributed by atoms with van der Waals surface area (Å²) in [6, 6.07) is 6.53. The van der Waals surface area contributed by atoms with Crippen molar-refractivity contribution in [2.45, 2.75) is 26.8 Å². The molecular formula is C11H17NO2. The normalized spacial score (nSPS) is 11.1. The number of rotatable bonds is 2. The Morgan fingerprint density at radius 3 is 2.43 bits per heavy atom. The van der Waals surface area contributed by atoms with Gasteiger partial charge in [-0.3, -0.25) is 0 Å². The maximum absolute atomic E-state index is 10.5. The molecule has 0 aliphatic heterocycles. The van der Waals surface area contributed by atoms with Crippen molar-refractivity contribution in [1.82, 2.24) is 0 Å². The highest BCUT2D eigenvalue weighted by molar-refractivity contribution is 5.87. The van der Waals surface area contributed by atoms with Crippen LogP contribution in [0, 0.1) is 0 Å². The highest BCUT2D eigenvalue weighted by Crippen LogP contribution is 2.11. The smallest absolute Gasteiger partial charge is 0.335 e. The Labute approximate surface area is 84.6 Å². The van der Waals surface area contributed by atoms with E-state index in [0.717, 1.165) is 5.56 Å². The average molecular weight is 195 g/mol. The molecule has 1 rings (SSSR count). The molecule has 78 valence electrons. The molecule has 0 spiro atoms. The minimum Gasteiger partial charge on any atom is -0.478 e. The molecule has 0 aliphatic rings. The fourth-order valence-corrected chi connectivity index (χ4v) is 0.955. The predicted molar refractivity (Wildman–Crippen MR) is 57.4 cm³/mol. The van der Waals surface area contributed by atoms with Gasteiger partial charge in [0.1, 0.15) is 0 Å². The van der Waals surface area contributed by atoms with Gasteiger partial charge in [0.15, 0.2) is 0 Å². The number of aromatic carboxylic acids is 1. The molecule has 0 aromatic heterocycles. The zero-order valence-electron chi connectivity index (χ0n) is 8.82. The molecule has 3 N–H and O–H groups in total. The molecule has 0 bridgehead atoms. The molecule has 1 atom stereocenters. The molecule has 0 aliphatic carbocycles. The van der Waals surface area contributed by atoms with Crippen LogP contribution in [0.3, 0.4) is 0 Å². The number of hydrogen-bond donors (Lipinski definition) is 2. The molecule has 1 unspecified atom stereocenters. The molecule has 0 saturated carbocycles. The number of carboxylic acid groups (broad SMARTS) is 1. The van der Waals surface area contributed by atoms with Crippen molar-refractivity contribution >= 4 is 5.97 Å². The van der Waals surface area contributed by atoms with E-state index in [-0.39, 0.29) is 11.6 Å². The van der Waals surface area contributed by atoms with E-state index in [9.17, 15) is 4.79 Å². The summed E-state index contributed by atoms with van der Waals surface area (Å²) in [4.78, 5) is 10.5. The molecule has 0 amide bonds. The van der Waals surface area contributed by atoms with Crippen molar-refractivity contribution in [2.75, 3.05) is 0 Å². The van der Waals surface area contributed by atoms with E-state index in [2.05, 4.69) is 0 Å². The van der Waals surface area contributed by atoms with Gasteiger partial charge in [0, 0.05) is 6.04 Å². The first-order valence-corrected chi connectivity index (χ1v) is 4.70. The molecule has 3 heteroatoms. The molecule has 0 fully saturated rings. The molecule has 14 heavy (non-hydrogen) atoms. The standard InChI is InChI=1S/C9H11NO2.C2H6/c1-6(10)7-3-2-4-8(5-7)9(11)12;1-2/h2-6H,10H2,1H3,(H,11,12);1-2H3. The summed E-state index contributed by atoms with van der Waals surface area (Å²) in [6.45, 7) is 5.82. The fraction of sp³-hybridized carbons (Fsp3) is 0.364. The van der Waals surface area contributed by atoms with E-state index in [4.69, 9.17) is 10.8 Å². The Morgan fingerprint density at radius 1 is 1.43 bits per heavy atom. The lowest BCUT2D eigenvalue weighted by molar-refractivity contribution is 0.0697. The second kappa shape index (κ2) is 6.16. The zero-order valence-corrected chi connectivity index (χ0v) is 8.82. The van der Waals surface area contributed by atoms with E-state index in [1.54, 1.807) is 18.2 Å². The Morgan fingerprint density at radius 2 is 2.00 bits per heavy atom. The van der Waals surface area contributed by atoms with Crippen LogP contribution in [-0.4, -0.2) is 11.1 Å². The lowest BCUT2D eigenvalue weighted by atomic mass is 10.1. The second-order valence-corrected chi connectivity index (χ2v) is 2.72. The predicted octanol–water partition coefficient (Wildman–Crippen LogP) is 2.43. The van der Waals surface area contributed by atoms with Gasteiger partial charge in [0.2, 0.25) is 0 Å². The first kappa shape index (κ1) is 12.7. The highest BCUT2D eigenvalue weighted by atomic mass is 16.4. The summed E-state index contributed by atoms with van der Waals surface area (Å²) in [5, 5.41) is 8.65. The van der Waals surface area contributed by atoms with Gasteiger partial charge in [-0.05, 0) is 24.6 Å². The van der Waals surface area contributed by atoms with Gasteiger partial charge in [-0.25, -0.2) is 4.79 Å². The monoisotopic (exact) mass is 195 g/mol. The summed E-state index contributed by atoms with van der Waals surface area (Å²) in [6.07, 6.45) is 0. The Kier molecular flexibility index (Phi) is 5.56. The van der Waals surface area contributed by atoms with Gasteiger partial charge in [-0.2, -0.15) is 0 Å². The number of nitrogens with two attached hydrogens (primary N) is 1. The molecule has 1 aromatic rings. The number of carboxylic acids is 1. The van der Waals surface area contributed by atoms with Crippen molar-refractivity contribution in [2.24, 2.45) is 5.73 Å². The zero-order chi connectivity index (χ0) is 11.1. The molecule has 0 heterocycles. The van der Waals surface area contributed by atoms with Crippen LogP contribution in [0.25, 0.3) is 0 Å². The summed E-state index contributed by atoms with van der Waals surface area (Å²) in [7, 11) is 0. The topological polar surface area (TPSA) is 63.3 Å². The molecule has 0 saturated heterocycles. The summed E-state index contributed by atoms with van der Waals surface area (Å²) >= 11 is 0. The Hall–Kier alpha value is -1.35. The van der Waals surface area contributed by atoms with Gasteiger partial charge in [0.25, 0.3) is 0 Å². The largest absolute Gasteiger partial charge is 0.478 e. The summed E-state index contributed by atoms with van der Waals surface area (Å²) in [5.41, 5.74) is 6.71. The SMILES string of the molecule is CC.CC(N)c1cccc(C(=O)O)c1. The van der Waals surface area contributed by atoms with Crippen molar-refractivity contribution < 1.29 is 9.90 Å². The minimum absolute atomic E-state index is 0.121. The average Bonchev–Trinajstić information content (AvgIpc) is 2.21. The number of hydrogen-bond acceptors (Lipinski definition) is 2. The van der Waals surface area contributed by atoms with Crippen molar-refractivity contribution in [3.8, 4) is 0 Å². The molecule has 3 nitrogen and oxygen atoms in total. The van der Waals surface area contributed by atoms with Crippen LogP contribution in [0.1, 0.15) is 42.7 Å². The van der Waals surface area contributed by atoms with Crippen molar-refractivity contribution in [3.05, 3.63) is 35.4 Å². The van der Waals surface area contributed by atoms with Crippen LogP contribution in [0.4, 0.5) is 0 Å². The van der Waals surface area contributed by atoms with E-state index in [0.29, 0.717) is 0 Å². The molecule has 1 aromatic carbocycles. The second-order valence-electron chi connectivity index (χ2n) is 2.72. The maximum atomic E-state index is 10.5. The molecular weight excluding hydrogens is 178 g/mol. The Bertz CT molecular complexity index is 295. The van der Waals surface area contributed by atoms with Crippen LogP contribution in [0.5, 0.6) is 0 Å². The number of carbonyl (C=O) groups is 1. The lowest BCUT2D eigenvalue weighted by Gasteiger charge is -2.05. The number of benzene rings is 1. The van der Waals surface area contributed by atoms with Crippen molar-refractivity contribution in [1.29, 1.82) is 0 Å². The van der Waals surface area contributed by atoms with E-state index >= 15 is 0 Å². The van der Waals surface area contributed by atoms with Gasteiger partial charge in [0.05, 0.1) is 5.56 Å². The fourth-order valence-electron chi connectivity index (χ4n) is 0.955. The first-order chi connectivity index (χ1) is 6.61. The van der Waals surface area contributed by atoms with Gasteiger partial charge in [-0.15, -0.1) is 0 Å². The molecule has 0 radical (unpaired) electrons. The van der Waals surface area contributed by atoms with Crippen LogP contribution in [-0.2, 0) is 0 Å². The summed E-state index contributed by atoms with van der Waals surface area (Å²) < 4.78 is 0. The Balaban J connectivity index is 0.000000791. The van der Waals surface area contributed by atoms with E-state index in [1.807, 2.05) is 26.8 Å². The third-order valence-electron chi connectivity index (χ3n) is 1.66. The van der Waals surface area contributed by atoms with Gasteiger partial charge in [-0.1, -0.05) is 26.0 Å². The van der Waals surface area contributed by atoms with E-state index in [1.165, 1.54) is 0 Å². The van der Waals surface area contributed by atoms with Gasteiger partial charge < -0.3 is 10.8 Å². The van der Waals surface area contributed by atoms with Crippen LogP contribution < -0.4 is 5.73 Å². The third-order valence-corrected chi connectivity index (χ3v) is 1.66.